The van der Waals surface area contributed by atoms with E-state index in [0.717, 1.165) is 0 Å². The molecule has 206 valence electrons. The fourth-order valence-electron chi connectivity index (χ4n) is 6.29. The Hall–Kier alpha value is -1.81. The average Bonchev–Trinajstić information content (AvgIpc) is 3.48. The van der Waals surface area contributed by atoms with Crippen molar-refractivity contribution in [1.82, 2.24) is 4.90 Å². The molecule has 3 unspecified atom stereocenters. The Morgan fingerprint density at radius 3 is 2.58 bits per heavy atom. The van der Waals surface area contributed by atoms with Crippen molar-refractivity contribution in [3.63, 3.8) is 0 Å². The van der Waals surface area contributed by atoms with Crippen LogP contribution in [-0.4, -0.2) is 74.5 Å². The van der Waals surface area contributed by atoms with Gasteiger partial charge in [0.15, 0.2) is 0 Å². The maximum absolute atomic E-state index is 14.6. The van der Waals surface area contributed by atoms with Crippen molar-refractivity contribution in [1.29, 1.82) is 0 Å². The summed E-state index contributed by atoms with van der Waals surface area (Å²) in [6.07, 6.45) is 4.20. The van der Waals surface area contributed by atoms with Crippen molar-refractivity contribution >= 4 is 62.8 Å². The number of anilines is 1. The highest BCUT2D eigenvalue weighted by Crippen LogP contribution is 2.68. The molecule has 1 N–H and O–H groups in total. The zero-order valence-electron chi connectivity index (χ0n) is 21.6. The minimum atomic E-state index is -0.876. The van der Waals surface area contributed by atoms with Crippen molar-refractivity contribution in [2.24, 2.45) is 17.8 Å². The van der Waals surface area contributed by atoms with Crippen molar-refractivity contribution in [2.75, 3.05) is 24.7 Å². The van der Waals surface area contributed by atoms with E-state index in [4.69, 9.17) is 16.3 Å². The lowest BCUT2D eigenvalue weighted by Gasteiger charge is -2.40. The SMILES string of the molecule is C=CCOC(=O)[C@H]1[C@@H]2SC3(CC2Br)C(C(=O)N(CC=C)c2ccc(Cl)cc2)N([C@@H](CO)CC(C)C)C(=O)[C@H]13. The number of hydrogen-bond acceptors (Lipinski definition) is 6. The van der Waals surface area contributed by atoms with Crippen molar-refractivity contribution in [3.8, 4) is 0 Å². The molecule has 7 atom stereocenters. The van der Waals surface area contributed by atoms with E-state index in [1.807, 2.05) is 13.8 Å². The van der Waals surface area contributed by atoms with Crippen LogP contribution in [0.4, 0.5) is 5.69 Å². The van der Waals surface area contributed by atoms with Gasteiger partial charge in [-0.05, 0) is 43.0 Å². The van der Waals surface area contributed by atoms with E-state index in [1.165, 1.54) is 17.8 Å². The Morgan fingerprint density at radius 1 is 1.32 bits per heavy atom. The summed E-state index contributed by atoms with van der Waals surface area (Å²) in [5, 5.41) is 10.8. The number of amides is 2. The van der Waals surface area contributed by atoms with Gasteiger partial charge in [-0.1, -0.05) is 60.1 Å². The lowest BCUT2D eigenvalue weighted by molar-refractivity contribution is -0.153. The van der Waals surface area contributed by atoms with Gasteiger partial charge in [0.2, 0.25) is 5.91 Å². The molecule has 7 nitrogen and oxygen atoms in total. The summed E-state index contributed by atoms with van der Waals surface area (Å²) < 4.78 is 4.60. The molecule has 3 aliphatic rings. The summed E-state index contributed by atoms with van der Waals surface area (Å²) in [4.78, 5) is 45.2. The molecule has 3 fully saturated rings. The second kappa shape index (κ2) is 11.7. The van der Waals surface area contributed by atoms with Crippen LogP contribution in [-0.2, 0) is 19.1 Å². The average molecular weight is 626 g/mol. The zero-order valence-corrected chi connectivity index (χ0v) is 24.8. The number of fused-ring (bicyclic) bond motifs is 1. The number of carbonyl (C=O) groups is 3. The van der Waals surface area contributed by atoms with Gasteiger partial charge in [-0.15, -0.1) is 18.3 Å². The second-order valence-corrected chi connectivity index (χ2v) is 13.7. The number of likely N-dealkylation sites (tertiary alicyclic amines) is 1. The maximum atomic E-state index is 14.6. The molecule has 4 rings (SSSR count). The molecule has 1 spiro atoms. The molecule has 2 bridgehead atoms. The van der Waals surface area contributed by atoms with Crippen LogP contribution >= 0.6 is 39.3 Å². The van der Waals surface area contributed by atoms with E-state index in [1.54, 1.807) is 40.1 Å². The number of alkyl halides is 1. The van der Waals surface area contributed by atoms with Gasteiger partial charge in [0.25, 0.3) is 5.91 Å². The lowest BCUT2D eigenvalue weighted by Crippen LogP contribution is -2.58. The predicted molar refractivity (Wildman–Crippen MR) is 155 cm³/mol. The molecule has 3 heterocycles. The fourth-order valence-corrected chi connectivity index (χ4v) is 9.99. The van der Waals surface area contributed by atoms with Crippen LogP contribution in [0.1, 0.15) is 26.7 Å². The third-order valence-corrected chi connectivity index (χ3v) is 11.1. The Kier molecular flexibility index (Phi) is 9.02. The maximum Gasteiger partial charge on any atom is 0.311 e. The van der Waals surface area contributed by atoms with Gasteiger partial charge in [-0.2, -0.15) is 0 Å². The number of ether oxygens (including phenoxy) is 1. The smallest absolute Gasteiger partial charge is 0.311 e. The highest BCUT2D eigenvalue weighted by molar-refractivity contribution is 9.09. The minimum absolute atomic E-state index is 0.0515. The first-order valence-corrected chi connectivity index (χ1v) is 15.0. The van der Waals surface area contributed by atoms with Gasteiger partial charge in [-0.25, -0.2) is 0 Å². The number of carbonyl (C=O) groups excluding carboxylic acids is 3. The van der Waals surface area contributed by atoms with Crippen LogP contribution < -0.4 is 4.90 Å². The number of hydrogen-bond donors (Lipinski definition) is 1. The molecule has 10 heteroatoms. The van der Waals surface area contributed by atoms with Gasteiger partial charge >= 0.3 is 5.97 Å². The van der Waals surface area contributed by atoms with E-state index < -0.39 is 34.6 Å². The number of esters is 1. The topological polar surface area (TPSA) is 87.2 Å². The summed E-state index contributed by atoms with van der Waals surface area (Å²) in [7, 11) is 0. The molecule has 0 radical (unpaired) electrons. The van der Waals surface area contributed by atoms with Crippen molar-refractivity contribution < 1.29 is 24.2 Å². The van der Waals surface area contributed by atoms with Crippen LogP contribution in [0, 0.1) is 17.8 Å². The Balaban J connectivity index is 1.83. The minimum Gasteiger partial charge on any atom is -0.461 e. The number of aliphatic hydroxyl groups excluding tert-OH is 1. The highest BCUT2D eigenvalue weighted by Gasteiger charge is 2.76. The van der Waals surface area contributed by atoms with Crippen LogP contribution in [0.25, 0.3) is 0 Å². The van der Waals surface area contributed by atoms with Crippen LogP contribution in [0.15, 0.2) is 49.6 Å². The number of thioether (sulfide) groups is 1. The molecule has 1 aromatic carbocycles. The lowest BCUT2D eigenvalue weighted by atomic mass is 9.71. The third kappa shape index (κ3) is 4.95. The van der Waals surface area contributed by atoms with Crippen molar-refractivity contribution in [3.05, 3.63) is 54.6 Å². The number of aliphatic hydroxyl groups is 1. The molecule has 2 amide bonds. The standard InChI is InChI=1S/C28H34BrClN2O5S/c1-5-11-31(18-9-7-17(30)8-10-18)26(35)24-28-14-20(29)23(38-28)21(27(36)37-12-6-2)22(28)25(34)32(24)19(15-33)13-16(3)4/h5-10,16,19-24,33H,1-2,11-15H2,3-4H3/t19-,20?,21-,22+,23-,24?,28?/m1/s1. The first-order valence-electron chi connectivity index (χ1n) is 12.8. The largest absolute Gasteiger partial charge is 0.461 e. The third-order valence-electron chi connectivity index (χ3n) is 7.64. The monoisotopic (exact) mass is 624 g/mol. The van der Waals surface area contributed by atoms with Crippen LogP contribution in [0.3, 0.4) is 0 Å². The quantitative estimate of drug-likeness (QED) is 0.222. The molecule has 1 aromatic rings. The van der Waals surface area contributed by atoms with Gasteiger partial charge in [0.05, 0.1) is 29.2 Å². The summed E-state index contributed by atoms with van der Waals surface area (Å²) in [6, 6.07) is 5.51. The van der Waals surface area contributed by atoms with E-state index in [0.29, 0.717) is 23.6 Å². The summed E-state index contributed by atoms with van der Waals surface area (Å²) >= 11 is 11.4. The Labute approximate surface area is 241 Å². The number of rotatable bonds is 11. The Bertz CT molecular complexity index is 1100. The second-order valence-electron chi connectivity index (χ2n) is 10.5. The normalized spacial score (nSPS) is 30.3. The van der Waals surface area contributed by atoms with Gasteiger partial charge < -0.3 is 19.6 Å². The Morgan fingerprint density at radius 2 is 2.00 bits per heavy atom. The number of halogens is 2. The zero-order chi connectivity index (χ0) is 27.8. The number of nitrogens with zero attached hydrogens (tertiary/aromatic N) is 2. The summed E-state index contributed by atoms with van der Waals surface area (Å²) in [5.41, 5.74) is 0.630. The molecule has 0 saturated carbocycles. The van der Waals surface area contributed by atoms with E-state index in [-0.39, 0.29) is 47.6 Å². The van der Waals surface area contributed by atoms with Gasteiger partial charge in [-0.3, -0.25) is 14.4 Å². The first-order chi connectivity index (χ1) is 18.1. The van der Waals surface area contributed by atoms with E-state index in [9.17, 15) is 19.5 Å². The summed E-state index contributed by atoms with van der Waals surface area (Å²) in [6.45, 7) is 11.5. The molecule has 3 aliphatic heterocycles. The summed E-state index contributed by atoms with van der Waals surface area (Å²) in [5.74, 6) is -2.24. The highest BCUT2D eigenvalue weighted by atomic mass is 79.9. The molecular formula is C28H34BrClN2O5S. The van der Waals surface area contributed by atoms with Gasteiger partial charge in [0, 0.05) is 27.3 Å². The van der Waals surface area contributed by atoms with E-state index >= 15 is 0 Å². The molecular weight excluding hydrogens is 592 g/mol. The predicted octanol–water partition coefficient (Wildman–Crippen LogP) is 4.46. The first kappa shape index (κ1) is 29.2. The number of benzene rings is 1. The molecule has 0 aromatic heterocycles. The van der Waals surface area contributed by atoms with Crippen LogP contribution in [0.2, 0.25) is 5.02 Å². The van der Waals surface area contributed by atoms with Crippen molar-refractivity contribution in [2.45, 2.75) is 53.6 Å². The fraction of sp³-hybridized carbons (Fsp3) is 0.536. The van der Waals surface area contributed by atoms with Crippen LogP contribution in [0.5, 0.6) is 0 Å². The molecule has 3 saturated heterocycles. The molecule has 38 heavy (non-hydrogen) atoms. The molecule has 0 aliphatic carbocycles. The van der Waals surface area contributed by atoms with E-state index in [2.05, 4.69) is 29.1 Å². The van der Waals surface area contributed by atoms with Gasteiger partial charge in [0.1, 0.15) is 12.6 Å².